The van der Waals surface area contributed by atoms with Gasteiger partial charge in [-0.2, -0.15) is 0 Å². The van der Waals surface area contributed by atoms with Crippen molar-refractivity contribution >= 4 is 29.1 Å². The molecule has 1 aliphatic rings. The molecule has 31 heavy (non-hydrogen) atoms. The average Bonchev–Trinajstić information content (AvgIpc) is 3.08. The number of non-ortho nitro benzene ring substituents is 1. The fourth-order valence-corrected chi connectivity index (χ4v) is 3.38. The van der Waals surface area contributed by atoms with Gasteiger partial charge in [0.2, 0.25) is 5.91 Å². The van der Waals surface area contributed by atoms with Gasteiger partial charge in [0.25, 0.3) is 17.5 Å². The molecule has 2 aromatic rings. The lowest BCUT2D eigenvalue weighted by Gasteiger charge is -2.30. The summed E-state index contributed by atoms with van der Waals surface area (Å²) in [7, 11) is 2.75. The maximum Gasteiger partial charge on any atom is 0.270 e. The molecule has 1 saturated heterocycles. The predicted octanol–water partition coefficient (Wildman–Crippen LogP) is 1.99. The van der Waals surface area contributed by atoms with Crippen LogP contribution in [0.3, 0.4) is 0 Å². The Morgan fingerprint density at radius 1 is 1.16 bits per heavy atom. The van der Waals surface area contributed by atoms with Crippen LogP contribution in [-0.4, -0.2) is 60.6 Å². The summed E-state index contributed by atoms with van der Waals surface area (Å²) in [6.07, 6.45) is -1.09. The van der Waals surface area contributed by atoms with Crippen LogP contribution in [0.1, 0.15) is 16.8 Å². The topological polar surface area (TPSA) is 119 Å². The summed E-state index contributed by atoms with van der Waals surface area (Å²) in [5, 5.41) is 11.1. The van der Waals surface area contributed by atoms with Crippen LogP contribution in [0.5, 0.6) is 0 Å². The van der Waals surface area contributed by atoms with Gasteiger partial charge in [-0.25, -0.2) is 4.90 Å². The maximum absolute atomic E-state index is 13.3. The fraction of sp³-hybridized carbons (Fsp3) is 0.286. The van der Waals surface area contributed by atoms with Crippen molar-refractivity contribution in [1.82, 2.24) is 4.90 Å². The molecule has 0 aliphatic carbocycles. The molecule has 1 unspecified atom stereocenters. The number of hydrogen-bond donors (Lipinski definition) is 0. The Morgan fingerprint density at radius 3 is 2.45 bits per heavy atom. The minimum Gasteiger partial charge on any atom is -0.354 e. The molecule has 1 atom stereocenters. The van der Waals surface area contributed by atoms with Crippen molar-refractivity contribution in [2.75, 3.05) is 25.7 Å². The highest BCUT2D eigenvalue weighted by molar-refractivity contribution is 6.23. The summed E-state index contributed by atoms with van der Waals surface area (Å²) in [6, 6.07) is 12.5. The smallest absolute Gasteiger partial charge is 0.270 e. The number of carbonyl (C=O) groups excluding carboxylic acids is 3. The molecule has 3 rings (SSSR count). The highest BCUT2D eigenvalue weighted by Crippen LogP contribution is 2.27. The molecule has 1 fully saturated rings. The number of nitro groups is 1. The highest BCUT2D eigenvalue weighted by Gasteiger charge is 2.45. The van der Waals surface area contributed by atoms with E-state index >= 15 is 0 Å². The number of methoxy groups -OCH3 is 2. The number of nitrogens with zero attached hydrogens (tertiary/aromatic N) is 3. The second kappa shape index (κ2) is 9.45. The first-order valence-corrected chi connectivity index (χ1v) is 9.40. The lowest BCUT2D eigenvalue weighted by molar-refractivity contribution is -0.384. The maximum atomic E-state index is 13.3. The molecule has 1 heterocycles. The number of ether oxygens (including phenoxy) is 2. The lowest BCUT2D eigenvalue weighted by Crippen LogP contribution is -2.49. The van der Waals surface area contributed by atoms with Crippen LogP contribution in [0.4, 0.5) is 11.4 Å². The zero-order valence-electron chi connectivity index (χ0n) is 17.0. The van der Waals surface area contributed by atoms with Crippen molar-refractivity contribution < 1.29 is 28.8 Å². The summed E-state index contributed by atoms with van der Waals surface area (Å²) < 4.78 is 10.4. The SMILES string of the molecule is COC(CN(C(=O)c1cccc([N+](=O)[O-])c1)C1CC(=O)N(c2ccccc2)C1=O)OC. The third kappa shape index (κ3) is 4.60. The van der Waals surface area contributed by atoms with E-state index in [-0.39, 0.29) is 24.2 Å². The largest absolute Gasteiger partial charge is 0.354 e. The van der Waals surface area contributed by atoms with Gasteiger partial charge in [0.1, 0.15) is 6.04 Å². The van der Waals surface area contributed by atoms with E-state index in [1.165, 1.54) is 37.3 Å². The molecule has 0 radical (unpaired) electrons. The van der Waals surface area contributed by atoms with E-state index in [0.717, 1.165) is 11.0 Å². The van der Waals surface area contributed by atoms with E-state index in [4.69, 9.17) is 9.47 Å². The van der Waals surface area contributed by atoms with Crippen LogP contribution < -0.4 is 4.90 Å². The van der Waals surface area contributed by atoms with Gasteiger partial charge >= 0.3 is 0 Å². The Bertz CT molecular complexity index is 991. The summed E-state index contributed by atoms with van der Waals surface area (Å²) >= 11 is 0. The van der Waals surface area contributed by atoms with E-state index in [2.05, 4.69) is 0 Å². The first kappa shape index (κ1) is 22.1. The van der Waals surface area contributed by atoms with E-state index in [9.17, 15) is 24.5 Å². The number of amides is 3. The Morgan fingerprint density at radius 2 is 1.84 bits per heavy atom. The zero-order chi connectivity index (χ0) is 22.5. The number of nitro benzene ring substituents is 1. The second-order valence-electron chi connectivity index (χ2n) is 6.79. The Hall–Kier alpha value is -3.63. The monoisotopic (exact) mass is 427 g/mol. The van der Waals surface area contributed by atoms with Gasteiger partial charge in [0.15, 0.2) is 6.29 Å². The van der Waals surface area contributed by atoms with Crippen molar-refractivity contribution in [1.29, 1.82) is 0 Å². The molecular weight excluding hydrogens is 406 g/mol. The molecule has 10 nitrogen and oxygen atoms in total. The molecule has 0 spiro atoms. The van der Waals surface area contributed by atoms with Gasteiger partial charge in [-0.1, -0.05) is 24.3 Å². The number of hydrogen-bond acceptors (Lipinski definition) is 7. The summed E-state index contributed by atoms with van der Waals surface area (Å²) in [5.41, 5.74) is 0.150. The van der Waals surface area contributed by atoms with E-state index in [1.54, 1.807) is 30.3 Å². The lowest BCUT2D eigenvalue weighted by atomic mass is 10.1. The van der Waals surface area contributed by atoms with E-state index in [0.29, 0.717) is 5.69 Å². The fourth-order valence-electron chi connectivity index (χ4n) is 3.38. The third-order valence-electron chi connectivity index (χ3n) is 4.95. The quantitative estimate of drug-likeness (QED) is 0.273. The van der Waals surface area contributed by atoms with Gasteiger partial charge in [-0.05, 0) is 18.2 Å². The molecule has 162 valence electrons. The number of para-hydroxylation sites is 1. The molecule has 1 aliphatic heterocycles. The number of carbonyl (C=O) groups is 3. The predicted molar refractivity (Wildman–Crippen MR) is 109 cm³/mol. The van der Waals surface area contributed by atoms with Crippen molar-refractivity contribution in [3.63, 3.8) is 0 Å². The number of imide groups is 1. The summed E-state index contributed by atoms with van der Waals surface area (Å²) in [6.45, 7) is -0.152. The normalized spacial score (nSPS) is 16.1. The third-order valence-corrected chi connectivity index (χ3v) is 4.95. The van der Waals surface area contributed by atoms with Crippen LogP contribution in [0, 0.1) is 10.1 Å². The minimum absolute atomic E-state index is 0.0126. The average molecular weight is 427 g/mol. The van der Waals surface area contributed by atoms with E-state index < -0.39 is 35.0 Å². The molecule has 10 heteroatoms. The van der Waals surface area contributed by atoms with Crippen molar-refractivity contribution in [3.05, 3.63) is 70.3 Å². The van der Waals surface area contributed by atoms with Gasteiger partial charge in [-0.15, -0.1) is 0 Å². The zero-order valence-corrected chi connectivity index (χ0v) is 17.0. The molecule has 0 aromatic heterocycles. The standard InChI is InChI=1S/C21H21N3O7/c1-30-19(31-2)13-22(20(26)14-7-6-10-16(11-14)24(28)29)17-12-18(25)23(21(17)27)15-8-4-3-5-9-15/h3-11,17,19H,12-13H2,1-2H3. The highest BCUT2D eigenvalue weighted by atomic mass is 16.7. The summed E-state index contributed by atoms with van der Waals surface area (Å²) in [5.74, 6) is -1.67. The van der Waals surface area contributed by atoms with Crippen molar-refractivity contribution in [2.24, 2.45) is 0 Å². The Kier molecular flexibility index (Phi) is 6.73. The van der Waals surface area contributed by atoms with Gasteiger partial charge < -0.3 is 14.4 Å². The van der Waals surface area contributed by atoms with Crippen molar-refractivity contribution in [3.8, 4) is 0 Å². The van der Waals surface area contributed by atoms with Crippen LogP contribution >= 0.6 is 0 Å². The molecule has 0 bridgehead atoms. The minimum atomic E-state index is -1.10. The van der Waals surface area contributed by atoms with Crippen LogP contribution in [0.15, 0.2) is 54.6 Å². The first-order valence-electron chi connectivity index (χ1n) is 9.40. The Balaban J connectivity index is 1.96. The molecule has 0 saturated carbocycles. The van der Waals surface area contributed by atoms with Crippen LogP contribution in [0.2, 0.25) is 0 Å². The molecular formula is C21H21N3O7. The number of anilines is 1. The first-order chi connectivity index (χ1) is 14.9. The number of rotatable bonds is 8. The second-order valence-corrected chi connectivity index (χ2v) is 6.79. The van der Waals surface area contributed by atoms with Gasteiger partial charge in [0, 0.05) is 31.9 Å². The van der Waals surface area contributed by atoms with Crippen molar-refractivity contribution in [2.45, 2.75) is 18.8 Å². The summed E-state index contributed by atoms with van der Waals surface area (Å²) in [4.78, 5) is 51.8. The van der Waals surface area contributed by atoms with E-state index in [1.807, 2.05) is 0 Å². The van der Waals surface area contributed by atoms with Crippen LogP contribution in [-0.2, 0) is 19.1 Å². The van der Waals surface area contributed by atoms with Gasteiger partial charge in [0.05, 0.1) is 23.6 Å². The molecule has 2 aromatic carbocycles. The molecule has 3 amide bonds. The Labute approximate surface area is 178 Å². The number of benzene rings is 2. The molecule has 0 N–H and O–H groups in total. The van der Waals surface area contributed by atoms with Gasteiger partial charge in [-0.3, -0.25) is 24.5 Å². The van der Waals surface area contributed by atoms with Crippen LogP contribution in [0.25, 0.3) is 0 Å².